The van der Waals surface area contributed by atoms with Crippen molar-refractivity contribution in [2.75, 3.05) is 7.05 Å². The Morgan fingerprint density at radius 1 is 1.40 bits per heavy atom. The van der Waals surface area contributed by atoms with Gasteiger partial charge in [-0.05, 0) is 19.2 Å². The monoisotopic (exact) mass is 204 g/mol. The first-order valence-electron chi connectivity index (χ1n) is 4.68. The molecule has 0 radical (unpaired) electrons. The van der Waals surface area contributed by atoms with Crippen LogP contribution in [0.3, 0.4) is 0 Å². The number of nitrogens with one attached hydrogen (secondary N) is 1. The van der Waals surface area contributed by atoms with Gasteiger partial charge in [0.05, 0.1) is 11.3 Å². The molecule has 0 amide bonds. The van der Waals surface area contributed by atoms with Gasteiger partial charge in [-0.2, -0.15) is 0 Å². The number of benzene rings is 1. The molecule has 2 aromatic rings. The van der Waals surface area contributed by atoms with Gasteiger partial charge in [-0.15, -0.1) is 0 Å². The average molecular weight is 204 g/mol. The summed E-state index contributed by atoms with van der Waals surface area (Å²) in [6.07, 6.45) is 1.58. The molecule has 78 valence electrons. The molecule has 2 rings (SSSR count). The van der Waals surface area contributed by atoms with Crippen LogP contribution < -0.4 is 5.32 Å². The van der Waals surface area contributed by atoms with Crippen molar-refractivity contribution in [2.45, 2.75) is 6.54 Å². The average Bonchev–Trinajstić information content (AvgIpc) is 2.68. The normalized spacial score (nSPS) is 10.5. The fourth-order valence-electron chi connectivity index (χ4n) is 1.35. The van der Waals surface area contributed by atoms with Gasteiger partial charge < -0.3 is 14.8 Å². The van der Waals surface area contributed by atoms with Crippen molar-refractivity contribution in [3.8, 4) is 17.2 Å². The minimum Gasteiger partial charge on any atom is -0.507 e. The molecule has 0 aliphatic carbocycles. The van der Waals surface area contributed by atoms with E-state index in [-0.39, 0.29) is 5.75 Å². The molecule has 15 heavy (non-hydrogen) atoms. The third-order valence-corrected chi connectivity index (χ3v) is 2.04. The van der Waals surface area contributed by atoms with Gasteiger partial charge in [0.1, 0.15) is 12.0 Å². The molecule has 0 atom stereocenters. The van der Waals surface area contributed by atoms with Crippen molar-refractivity contribution in [1.82, 2.24) is 10.3 Å². The quantitative estimate of drug-likeness (QED) is 0.799. The van der Waals surface area contributed by atoms with Crippen LogP contribution in [-0.2, 0) is 6.54 Å². The van der Waals surface area contributed by atoms with Crippen LogP contribution in [-0.4, -0.2) is 17.1 Å². The molecule has 0 saturated heterocycles. The molecule has 1 heterocycles. The molecular formula is C11H12N2O2. The van der Waals surface area contributed by atoms with E-state index in [4.69, 9.17) is 4.42 Å². The van der Waals surface area contributed by atoms with Crippen molar-refractivity contribution < 1.29 is 9.52 Å². The smallest absolute Gasteiger partial charge is 0.229 e. The third-order valence-electron chi connectivity index (χ3n) is 2.04. The van der Waals surface area contributed by atoms with E-state index < -0.39 is 0 Å². The van der Waals surface area contributed by atoms with Crippen LogP contribution in [0.5, 0.6) is 5.75 Å². The van der Waals surface area contributed by atoms with Gasteiger partial charge in [0.25, 0.3) is 0 Å². The molecule has 4 nitrogen and oxygen atoms in total. The first kappa shape index (κ1) is 9.73. The van der Waals surface area contributed by atoms with Crippen LogP contribution in [0.1, 0.15) is 5.69 Å². The maximum atomic E-state index is 9.59. The van der Waals surface area contributed by atoms with Crippen molar-refractivity contribution in [3.63, 3.8) is 0 Å². The Morgan fingerprint density at radius 3 is 2.93 bits per heavy atom. The van der Waals surface area contributed by atoms with Gasteiger partial charge in [-0.25, -0.2) is 4.98 Å². The number of aromatic nitrogens is 1. The molecule has 1 aromatic carbocycles. The fourth-order valence-corrected chi connectivity index (χ4v) is 1.35. The van der Waals surface area contributed by atoms with Gasteiger partial charge in [-0.3, -0.25) is 0 Å². The summed E-state index contributed by atoms with van der Waals surface area (Å²) in [4.78, 5) is 4.24. The molecule has 0 saturated carbocycles. The topological polar surface area (TPSA) is 58.3 Å². The van der Waals surface area contributed by atoms with E-state index in [1.165, 1.54) is 0 Å². The first-order valence-corrected chi connectivity index (χ1v) is 4.68. The van der Waals surface area contributed by atoms with E-state index in [1.807, 2.05) is 13.1 Å². The second-order valence-electron chi connectivity index (χ2n) is 3.19. The Morgan fingerprint density at radius 2 is 2.20 bits per heavy atom. The number of phenolic OH excluding ortho intramolecular Hbond substituents is 1. The van der Waals surface area contributed by atoms with Crippen molar-refractivity contribution in [2.24, 2.45) is 0 Å². The highest BCUT2D eigenvalue weighted by atomic mass is 16.3. The Bertz CT molecular complexity index is 451. The highest BCUT2D eigenvalue weighted by Gasteiger charge is 2.09. The summed E-state index contributed by atoms with van der Waals surface area (Å²) in [6.45, 7) is 0.650. The van der Waals surface area contributed by atoms with Crippen LogP contribution in [0.4, 0.5) is 0 Å². The number of hydrogen-bond acceptors (Lipinski definition) is 4. The van der Waals surface area contributed by atoms with Crippen LogP contribution in [0.2, 0.25) is 0 Å². The Balaban J connectivity index is 2.33. The number of phenols is 1. The summed E-state index contributed by atoms with van der Waals surface area (Å²) in [6, 6.07) is 6.97. The third kappa shape index (κ3) is 1.99. The first-order chi connectivity index (χ1) is 7.31. The van der Waals surface area contributed by atoms with E-state index in [0.29, 0.717) is 18.0 Å². The number of rotatable bonds is 3. The molecule has 0 unspecified atom stereocenters. The summed E-state index contributed by atoms with van der Waals surface area (Å²) in [5.41, 5.74) is 1.43. The number of hydrogen-bond donors (Lipinski definition) is 2. The zero-order chi connectivity index (χ0) is 10.7. The van der Waals surface area contributed by atoms with E-state index in [9.17, 15) is 5.11 Å². The van der Waals surface area contributed by atoms with E-state index in [0.717, 1.165) is 5.69 Å². The predicted molar refractivity (Wildman–Crippen MR) is 56.4 cm³/mol. The molecule has 2 N–H and O–H groups in total. The minimum atomic E-state index is 0.176. The summed E-state index contributed by atoms with van der Waals surface area (Å²) in [7, 11) is 1.84. The summed E-state index contributed by atoms with van der Waals surface area (Å²) in [5.74, 6) is 0.619. The molecule has 0 fully saturated rings. The fraction of sp³-hybridized carbons (Fsp3) is 0.182. The van der Waals surface area contributed by atoms with Crippen molar-refractivity contribution in [1.29, 1.82) is 0 Å². The maximum Gasteiger partial charge on any atom is 0.229 e. The van der Waals surface area contributed by atoms with Gasteiger partial charge in [0.15, 0.2) is 0 Å². The number of para-hydroxylation sites is 1. The number of oxazole rings is 1. The second-order valence-corrected chi connectivity index (χ2v) is 3.19. The maximum absolute atomic E-state index is 9.59. The molecule has 0 aliphatic rings. The van der Waals surface area contributed by atoms with Crippen molar-refractivity contribution in [3.05, 3.63) is 36.2 Å². The van der Waals surface area contributed by atoms with Crippen LogP contribution in [0.25, 0.3) is 11.5 Å². The van der Waals surface area contributed by atoms with Crippen molar-refractivity contribution >= 4 is 0 Å². The predicted octanol–water partition coefficient (Wildman–Crippen LogP) is 1.77. The Kier molecular flexibility index (Phi) is 2.69. The van der Waals surface area contributed by atoms with Gasteiger partial charge in [0, 0.05) is 6.54 Å². The van der Waals surface area contributed by atoms with Gasteiger partial charge >= 0.3 is 0 Å². The summed E-state index contributed by atoms with van der Waals surface area (Å²) >= 11 is 0. The Hall–Kier alpha value is -1.81. The SMILES string of the molecule is CNCc1coc(-c2ccccc2O)n1. The Labute approximate surface area is 87.6 Å². The van der Waals surface area contributed by atoms with Crippen LogP contribution in [0, 0.1) is 0 Å². The molecule has 4 heteroatoms. The second kappa shape index (κ2) is 4.14. The number of nitrogens with zero attached hydrogens (tertiary/aromatic N) is 1. The van der Waals surface area contributed by atoms with E-state index in [2.05, 4.69) is 10.3 Å². The van der Waals surface area contributed by atoms with Gasteiger partial charge in [0.2, 0.25) is 5.89 Å². The lowest BCUT2D eigenvalue weighted by atomic mass is 10.2. The highest BCUT2D eigenvalue weighted by molar-refractivity contribution is 5.61. The molecular weight excluding hydrogens is 192 g/mol. The number of aromatic hydroxyl groups is 1. The lowest BCUT2D eigenvalue weighted by Crippen LogP contribution is -2.04. The van der Waals surface area contributed by atoms with E-state index in [1.54, 1.807) is 24.5 Å². The summed E-state index contributed by atoms with van der Waals surface area (Å²) in [5, 5.41) is 12.6. The van der Waals surface area contributed by atoms with Gasteiger partial charge in [-0.1, -0.05) is 12.1 Å². The zero-order valence-corrected chi connectivity index (χ0v) is 8.40. The summed E-state index contributed by atoms with van der Waals surface area (Å²) < 4.78 is 5.27. The zero-order valence-electron chi connectivity index (χ0n) is 8.40. The standard InChI is InChI=1S/C11H12N2O2/c1-12-6-8-7-15-11(13-8)9-4-2-3-5-10(9)14/h2-5,7,12,14H,6H2,1H3. The van der Waals surface area contributed by atoms with E-state index >= 15 is 0 Å². The lowest BCUT2D eigenvalue weighted by molar-refractivity contribution is 0.473. The lowest BCUT2D eigenvalue weighted by Gasteiger charge is -1.97. The largest absolute Gasteiger partial charge is 0.507 e. The molecule has 0 aliphatic heterocycles. The van der Waals surface area contributed by atoms with Crippen LogP contribution >= 0.6 is 0 Å². The van der Waals surface area contributed by atoms with Crippen LogP contribution in [0.15, 0.2) is 34.9 Å². The molecule has 0 bridgehead atoms. The minimum absolute atomic E-state index is 0.176. The molecule has 0 spiro atoms. The molecule has 1 aromatic heterocycles. The highest BCUT2D eigenvalue weighted by Crippen LogP contribution is 2.27.